The molecule has 1 atom stereocenters. The molecule has 0 aliphatic carbocycles. The Morgan fingerprint density at radius 1 is 1.48 bits per heavy atom. The zero-order valence-corrected chi connectivity index (χ0v) is 12.0. The molecule has 2 heterocycles. The molecular weight excluding hydrogens is 275 g/mol. The summed E-state index contributed by atoms with van der Waals surface area (Å²) >= 11 is 0. The predicted octanol–water partition coefficient (Wildman–Crippen LogP) is 1.46. The molecule has 0 saturated carbocycles. The molecule has 1 N–H and O–H groups in total. The quantitative estimate of drug-likeness (QED) is 0.924. The van der Waals surface area contributed by atoms with Crippen LogP contribution in [0.15, 0.2) is 22.7 Å². The van der Waals surface area contributed by atoms with Crippen molar-refractivity contribution in [3.05, 3.63) is 29.8 Å². The lowest BCUT2D eigenvalue weighted by Crippen LogP contribution is -2.44. The minimum Gasteiger partial charge on any atom is -0.494 e. The van der Waals surface area contributed by atoms with E-state index in [1.54, 1.807) is 12.1 Å². The van der Waals surface area contributed by atoms with Crippen LogP contribution in [0.1, 0.15) is 11.9 Å². The van der Waals surface area contributed by atoms with E-state index in [4.69, 9.17) is 9.26 Å². The van der Waals surface area contributed by atoms with E-state index in [-0.39, 0.29) is 11.8 Å². The number of halogens is 1. The van der Waals surface area contributed by atoms with Crippen molar-refractivity contribution in [1.29, 1.82) is 0 Å². The van der Waals surface area contributed by atoms with E-state index in [2.05, 4.69) is 20.4 Å². The fourth-order valence-electron chi connectivity index (χ4n) is 2.38. The third-order valence-corrected chi connectivity index (χ3v) is 3.65. The number of hydrogen-bond donors (Lipinski definition) is 1. The largest absolute Gasteiger partial charge is 0.494 e. The molecule has 1 saturated heterocycles. The van der Waals surface area contributed by atoms with Gasteiger partial charge in [0.25, 0.3) is 5.89 Å². The summed E-state index contributed by atoms with van der Waals surface area (Å²) in [5.41, 5.74) is 0.540. The highest BCUT2D eigenvalue weighted by molar-refractivity contribution is 5.54. The normalized spacial score (nSPS) is 19.7. The Kier molecular flexibility index (Phi) is 3.85. The van der Waals surface area contributed by atoms with E-state index in [0.717, 1.165) is 19.6 Å². The van der Waals surface area contributed by atoms with Crippen LogP contribution in [0.3, 0.4) is 0 Å². The van der Waals surface area contributed by atoms with E-state index in [1.165, 1.54) is 13.2 Å². The molecule has 2 aromatic rings. The fourth-order valence-corrected chi connectivity index (χ4v) is 2.38. The number of nitrogens with one attached hydrogen (secondary N) is 1. The Morgan fingerprint density at radius 3 is 3.05 bits per heavy atom. The average Bonchev–Trinajstić information content (AvgIpc) is 2.97. The number of nitrogens with zero attached hydrogens (tertiary/aromatic N) is 3. The van der Waals surface area contributed by atoms with Gasteiger partial charge in [-0.15, -0.1) is 0 Å². The van der Waals surface area contributed by atoms with Crippen molar-refractivity contribution in [2.75, 3.05) is 33.8 Å². The Morgan fingerprint density at radius 2 is 2.33 bits per heavy atom. The van der Waals surface area contributed by atoms with Crippen molar-refractivity contribution in [1.82, 2.24) is 20.4 Å². The number of rotatable bonds is 3. The maximum Gasteiger partial charge on any atom is 0.258 e. The van der Waals surface area contributed by atoms with E-state index in [0.29, 0.717) is 17.3 Å². The summed E-state index contributed by atoms with van der Waals surface area (Å²) in [4.78, 5) is 6.55. The Bertz CT molecular complexity index is 631. The molecule has 1 unspecified atom stereocenters. The monoisotopic (exact) mass is 292 g/mol. The van der Waals surface area contributed by atoms with Gasteiger partial charge in [-0.05, 0) is 25.2 Å². The smallest absolute Gasteiger partial charge is 0.258 e. The standard InChI is InChI=1S/C14H17FN4O2/c1-19-6-5-16-8-11(19)13-17-14(21-18-13)9-3-4-12(20-2)10(15)7-9/h3-4,7,11,16H,5-6,8H2,1-2H3. The topological polar surface area (TPSA) is 63.4 Å². The first-order valence-corrected chi connectivity index (χ1v) is 6.77. The van der Waals surface area contributed by atoms with Crippen molar-refractivity contribution in [3.63, 3.8) is 0 Å². The van der Waals surface area contributed by atoms with Crippen LogP contribution in [0.4, 0.5) is 4.39 Å². The number of piperazine rings is 1. The molecule has 7 heteroatoms. The highest BCUT2D eigenvalue weighted by Crippen LogP contribution is 2.26. The molecule has 1 aromatic heterocycles. The van der Waals surface area contributed by atoms with Crippen molar-refractivity contribution in [2.45, 2.75) is 6.04 Å². The van der Waals surface area contributed by atoms with Gasteiger partial charge in [0.2, 0.25) is 0 Å². The first-order valence-electron chi connectivity index (χ1n) is 6.77. The van der Waals surface area contributed by atoms with Gasteiger partial charge in [0.05, 0.1) is 13.2 Å². The fraction of sp³-hybridized carbons (Fsp3) is 0.429. The number of hydrogen-bond acceptors (Lipinski definition) is 6. The molecule has 1 aromatic carbocycles. The summed E-state index contributed by atoms with van der Waals surface area (Å²) in [6, 6.07) is 4.64. The molecule has 0 spiro atoms. The van der Waals surface area contributed by atoms with E-state index < -0.39 is 5.82 Å². The molecule has 0 radical (unpaired) electrons. The molecule has 21 heavy (non-hydrogen) atoms. The van der Waals surface area contributed by atoms with Crippen molar-refractivity contribution < 1.29 is 13.7 Å². The molecule has 1 aliphatic heterocycles. The van der Waals surface area contributed by atoms with Crippen molar-refractivity contribution >= 4 is 0 Å². The summed E-state index contributed by atoms with van der Waals surface area (Å²) in [6.45, 7) is 2.64. The van der Waals surface area contributed by atoms with Gasteiger partial charge >= 0.3 is 0 Å². The Labute approximate surface area is 121 Å². The number of benzene rings is 1. The number of methoxy groups -OCH3 is 1. The summed E-state index contributed by atoms with van der Waals surface area (Å²) in [6.07, 6.45) is 0. The second kappa shape index (κ2) is 5.79. The van der Waals surface area contributed by atoms with Gasteiger partial charge < -0.3 is 14.6 Å². The molecular formula is C14H17FN4O2. The third-order valence-electron chi connectivity index (χ3n) is 3.65. The number of ether oxygens (including phenoxy) is 1. The maximum absolute atomic E-state index is 13.7. The van der Waals surface area contributed by atoms with Gasteiger partial charge in [0.1, 0.15) is 0 Å². The van der Waals surface area contributed by atoms with Gasteiger partial charge in [0, 0.05) is 25.2 Å². The minimum atomic E-state index is -0.453. The minimum absolute atomic E-state index is 0.0688. The van der Waals surface area contributed by atoms with E-state index in [1.807, 2.05) is 7.05 Å². The zero-order valence-electron chi connectivity index (χ0n) is 12.0. The third kappa shape index (κ3) is 2.74. The first kappa shape index (κ1) is 14.0. The lowest BCUT2D eigenvalue weighted by Gasteiger charge is -2.30. The van der Waals surface area contributed by atoms with Crippen LogP contribution >= 0.6 is 0 Å². The molecule has 1 fully saturated rings. The summed E-state index contributed by atoms with van der Waals surface area (Å²) in [5, 5.41) is 7.31. The molecule has 0 bridgehead atoms. The lowest BCUT2D eigenvalue weighted by molar-refractivity contribution is 0.190. The van der Waals surface area contributed by atoms with E-state index >= 15 is 0 Å². The predicted molar refractivity (Wildman–Crippen MR) is 74.5 cm³/mol. The SMILES string of the molecule is COc1ccc(-c2nc(C3CNCCN3C)no2)cc1F. The zero-order chi connectivity index (χ0) is 14.8. The number of aromatic nitrogens is 2. The molecule has 1 aliphatic rings. The highest BCUT2D eigenvalue weighted by Gasteiger charge is 2.25. The van der Waals surface area contributed by atoms with Crippen LogP contribution in [0, 0.1) is 5.82 Å². The van der Waals surface area contributed by atoms with Crippen LogP contribution < -0.4 is 10.1 Å². The van der Waals surface area contributed by atoms with Crippen LogP contribution in [-0.2, 0) is 0 Å². The van der Waals surface area contributed by atoms with Crippen LogP contribution in [0.5, 0.6) is 5.75 Å². The van der Waals surface area contributed by atoms with E-state index in [9.17, 15) is 4.39 Å². The molecule has 112 valence electrons. The van der Waals surface area contributed by atoms with Crippen molar-refractivity contribution in [3.8, 4) is 17.2 Å². The Hall–Kier alpha value is -1.99. The summed E-state index contributed by atoms with van der Waals surface area (Å²) in [5.74, 6) is 0.655. The van der Waals surface area contributed by atoms with Crippen LogP contribution in [-0.4, -0.2) is 48.8 Å². The summed E-state index contributed by atoms with van der Waals surface area (Å²) < 4.78 is 23.9. The van der Waals surface area contributed by atoms with Gasteiger partial charge in [0.15, 0.2) is 17.4 Å². The van der Waals surface area contributed by atoms with Crippen molar-refractivity contribution in [2.24, 2.45) is 0 Å². The van der Waals surface area contributed by atoms with Gasteiger partial charge in [-0.1, -0.05) is 5.16 Å². The van der Waals surface area contributed by atoms with Crippen LogP contribution in [0.2, 0.25) is 0 Å². The number of likely N-dealkylation sites (N-methyl/N-ethyl adjacent to an activating group) is 1. The lowest BCUT2D eigenvalue weighted by atomic mass is 10.2. The summed E-state index contributed by atoms with van der Waals surface area (Å²) in [7, 11) is 3.45. The first-order chi connectivity index (χ1) is 10.2. The van der Waals surface area contributed by atoms with Gasteiger partial charge in [-0.25, -0.2) is 4.39 Å². The molecule has 3 rings (SSSR count). The highest BCUT2D eigenvalue weighted by atomic mass is 19.1. The second-order valence-corrected chi connectivity index (χ2v) is 5.01. The molecule has 6 nitrogen and oxygen atoms in total. The van der Waals surface area contributed by atoms with Gasteiger partial charge in [-0.2, -0.15) is 4.98 Å². The average molecular weight is 292 g/mol. The Balaban J connectivity index is 1.86. The van der Waals surface area contributed by atoms with Gasteiger partial charge in [-0.3, -0.25) is 4.90 Å². The second-order valence-electron chi connectivity index (χ2n) is 5.01. The maximum atomic E-state index is 13.7. The molecule has 0 amide bonds. The van der Waals surface area contributed by atoms with Crippen LogP contribution in [0.25, 0.3) is 11.5 Å².